The second kappa shape index (κ2) is 14.8. The van der Waals surface area contributed by atoms with Gasteiger partial charge in [0.05, 0.1) is 5.92 Å². The largest absolute Gasteiger partial charge is 0.481 e. The lowest BCUT2D eigenvalue weighted by molar-refractivity contribution is -0.144. The topological polar surface area (TPSA) is 74.6 Å². The van der Waals surface area contributed by atoms with Crippen molar-refractivity contribution in [1.82, 2.24) is 0 Å². The maximum Gasteiger partial charge on any atom is 0.306 e. The quantitative estimate of drug-likeness (QED) is 0.204. The summed E-state index contributed by atoms with van der Waals surface area (Å²) in [5.41, 5.74) is 0.255. The maximum atomic E-state index is 11.7. The molecule has 1 rings (SSSR count). The first-order chi connectivity index (χ1) is 13.9. The Labute approximate surface area is 178 Å². The van der Waals surface area contributed by atoms with Crippen LogP contribution in [0.15, 0.2) is 0 Å². The minimum absolute atomic E-state index is 0.251. The van der Waals surface area contributed by atoms with E-state index in [1.807, 2.05) is 6.92 Å². The first kappa shape index (κ1) is 26.0. The van der Waals surface area contributed by atoms with Crippen LogP contribution in [0.4, 0.5) is 0 Å². The van der Waals surface area contributed by atoms with Crippen molar-refractivity contribution in [2.24, 2.45) is 17.3 Å². The summed E-state index contributed by atoms with van der Waals surface area (Å²) in [6.45, 7) is 4.16. The smallest absolute Gasteiger partial charge is 0.306 e. The van der Waals surface area contributed by atoms with E-state index in [4.69, 9.17) is 5.11 Å². The van der Waals surface area contributed by atoms with E-state index in [0.29, 0.717) is 5.92 Å². The van der Waals surface area contributed by atoms with Crippen molar-refractivity contribution in [3.63, 3.8) is 0 Å². The summed E-state index contributed by atoms with van der Waals surface area (Å²) in [5.74, 6) is -1.29. The fraction of sp³-hybridized carbons (Fsp3) is 0.920. The highest BCUT2D eigenvalue weighted by molar-refractivity contribution is 5.70. The minimum atomic E-state index is -0.708. The van der Waals surface area contributed by atoms with Gasteiger partial charge in [-0.1, -0.05) is 90.9 Å². The molecule has 2 N–H and O–H groups in total. The average molecular weight is 411 g/mol. The molecule has 0 aromatic rings. The van der Waals surface area contributed by atoms with Crippen LogP contribution in [-0.2, 0) is 9.59 Å². The number of carboxylic acid groups (broad SMARTS) is 2. The van der Waals surface area contributed by atoms with Crippen molar-refractivity contribution in [3.8, 4) is 0 Å². The van der Waals surface area contributed by atoms with Crippen LogP contribution in [0.25, 0.3) is 0 Å². The predicted molar refractivity (Wildman–Crippen MR) is 119 cm³/mol. The molecule has 0 aromatic heterocycles. The average Bonchev–Trinajstić information content (AvgIpc) is 3.46. The van der Waals surface area contributed by atoms with Gasteiger partial charge in [0.1, 0.15) is 0 Å². The Hall–Kier alpha value is -1.06. The molecule has 0 spiro atoms. The van der Waals surface area contributed by atoms with E-state index >= 15 is 0 Å². The van der Waals surface area contributed by atoms with E-state index in [1.165, 1.54) is 64.2 Å². The molecule has 0 bridgehead atoms. The maximum absolute atomic E-state index is 11.7. The van der Waals surface area contributed by atoms with Crippen LogP contribution in [0.3, 0.4) is 0 Å². The zero-order valence-electron chi connectivity index (χ0n) is 19.1. The summed E-state index contributed by atoms with van der Waals surface area (Å²) in [6, 6.07) is 0. The molecule has 0 aliphatic heterocycles. The summed E-state index contributed by atoms with van der Waals surface area (Å²) < 4.78 is 0. The van der Waals surface area contributed by atoms with Gasteiger partial charge in [0.2, 0.25) is 0 Å². The fourth-order valence-electron chi connectivity index (χ4n) is 5.01. The first-order valence-electron chi connectivity index (χ1n) is 12.4. The lowest BCUT2D eigenvalue weighted by Crippen LogP contribution is -2.29. The number of carbonyl (C=O) groups is 2. The van der Waals surface area contributed by atoms with Crippen LogP contribution in [0.5, 0.6) is 0 Å². The van der Waals surface area contributed by atoms with Crippen LogP contribution < -0.4 is 0 Å². The molecule has 1 fully saturated rings. The molecule has 2 atom stereocenters. The molecule has 1 aliphatic rings. The lowest BCUT2D eigenvalue weighted by Gasteiger charge is -2.30. The SMILES string of the molecule is CCCCCCCCCCCC(C(C)C(=O)O)C1(CCCCCCC(=O)O)CC1. The van der Waals surface area contributed by atoms with Gasteiger partial charge in [-0.05, 0) is 43.4 Å². The van der Waals surface area contributed by atoms with Crippen LogP contribution in [0.2, 0.25) is 0 Å². The monoisotopic (exact) mass is 410 g/mol. The molecule has 2 unspecified atom stereocenters. The Bertz CT molecular complexity index is 456. The molecule has 0 heterocycles. The molecule has 0 radical (unpaired) electrons. The summed E-state index contributed by atoms with van der Waals surface area (Å²) >= 11 is 0. The van der Waals surface area contributed by atoms with Crippen molar-refractivity contribution in [1.29, 1.82) is 0 Å². The number of hydrogen-bond acceptors (Lipinski definition) is 2. The third kappa shape index (κ3) is 11.1. The second-order valence-corrected chi connectivity index (χ2v) is 9.52. The van der Waals surface area contributed by atoms with Gasteiger partial charge in [-0.3, -0.25) is 9.59 Å². The summed E-state index contributed by atoms with van der Waals surface area (Å²) in [5, 5.41) is 18.3. The van der Waals surface area contributed by atoms with E-state index in [0.717, 1.165) is 44.9 Å². The predicted octanol–water partition coefficient (Wildman–Crippen LogP) is 7.45. The van der Waals surface area contributed by atoms with Gasteiger partial charge in [-0.2, -0.15) is 0 Å². The minimum Gasteiger partial charge on any atom is -0.481 e. The lowest BCUT2D eigenvalue weighted by atomic mass is 9.74. The standard InChI is InChI=1S/C25H46O4/c1-3-4-5-6-7-8-9-10-13-16-22(21(2)24(28)29)25(19-20-25)18-15-12-11-14-17-23(26)27/h21-22H,3-20H2,1-2H3,(H,26,27)(H,28,29). The van der Waals surface area contributed by atoms with Crippen molar-refractivity contribution < 1.29 is 19.8 Å². The fourth-order valence-corrected chi connectivity index (χ4v) is 5.01. The summed E-state index contributed by atoms with van der Waals surface area (Å²) in [6.07, 6.45) is 20.5. The molecular weight excluding hydrogens is 364 g/mol. The number of hydrogen-bond donors (Lipinski definition) is 2. The van der Waals surface area contributed by atoms with Crippen LogP contribution in [-0.4, -0.2) is 22.2 Å². The van der Waals surface area contributed by atoms with E-state index in [-0.39, 0.29) is 17.8 Å². The summed E-state index contributed by atoms with van der Waals surface area (Å²) in [7, 11) is 0. The van der Waals surface area contributed by atoms with Crippen LogP contribution in [0, 0.1) is 17.3 Å². The van der Waals surface area contributed by atoms with Gasteiger partial charge in [0, 0.05) is 6.42 Å². The van der Waals surface area contributed by atoms with Crippen LogP contribution >= 0.6 is 0 Å². The zero-order valence-corrected chi connectivity index (χ0v) is 19.1. The summed E-state index contributed by atoms with van der Waals surface area (Å²) in [4.78, 5) is 22.3. The zero-order chi connectivity index (χ0) is 21.5. The second-order valence-electron chi connectivity index (χ2n) is 9.52. The van der Waals surface area contributed by atoms with Gasteiger partial charge in [0.25, 0.3) is 0 Å². The highest BCUT2D eigenvalue weighted by Gasteiger charge is 2.50. The molecule has 1 saturated carbocycles. The Morgan fingerprint density at radius 1 is 0.793 bits per heavy atom. The molecule has 29 heavy (non-hydrogen) atoms. The van der Waals surface area contributed by atoms with E-state index in [9.17, 15) is 14.7 Å². The molecule has 4 heteroatoms. The first-order valence-corrected chi connectivity index (χ1v) is 12.4. The Balaban J connectivity index is 2.30. The Morgan fingerprint density at radius 2 is 1.31 bits per heavy atom. The molecule has 0 amide bonds. The highest BCUT2D eigenvalue weighted by atomic mass is 16.4. The van der Waals surface area contributed by atoms with Gasteiger partial charge in [-0.15, -0.1) is 0 Å². The molecule has 4 nitrogen and oxygen atoms in total. The number of rotatable bonds is 20. The molecule has 1 aliphatic carbocycles. The molecule has 0 aromatic carbocycles. The number of unbranched alkanes of at least 4 members (excludes halogenated alkanes) is 11. The van der Waals surface area contributed by atoms with E-state index in [1.54, 1.807) is 0 Å². The molecular formula is C25H46O4. The van der Waals surface area contributed by atoms with Gasteiger partial charge < -0.3 is 10.2 Å². The molecule has 0 saturated heterocycles. The Morgan fingerprint density at radius 3 is 1.83 bits per heavy atom. The van der Waals surface area contributed by atoms with E-state index in [2.05, 4.69) is 6.92 Å². The third-order valence-electron chi connectivity index (χ3n) is 7.11. The number of carboxylic acids is 2. The van der Waals surface area contributed by atoms with Gasteiger partial charge in [-0.25, -0.2) is 0 Å². The van der Waals surface area contributed by atoms with E-state index < -0.39 is 11.9 Å². The van der Waals surface area contributed by atoms with Crippen molar-refractivity contribution in [3.05, 3.63) is 0 Å². The normalized spacial score (nSPS) is 17.0. The van der Waals surface area contributed by atoms with Gasteiger partial charge >= 0.3 is 11.9 Å². The van der Waals surface area contributed by atoms with Gasteiger partial charge in [0.15, 0.2) is 0 Å². The van der Waals surface area contributed by atoms with Crippen LogP contribution in [0.1, 0.15) is 129 Å². The van der Waals surface area contributed by atoms with Crippen molar-refractivity contribution >= 4 is 11.9 Å². The number of aliphatic carboxylic acids is 2. The van der Waals surface area contributed by atoms with Crippen molar-refractivity contribution in [2.75, 3.05) is 0 Å². The Kier molecular flexibility index (Phi) is 13.3. The third-order valence-corrected chi connectivity index (χ3v) is 7.11. The van der Waals surface area contributed by atoms with Crippen molar-refractivity contribution in [2.45, 2.75) is 129 Å². The molecule has 170 valence electrons. The highest BCUT2D eigenvalue weighted by Crippen LogP contribution is 2.59.